The molecule has 0 aliphatic heterocycles. The highest BCUT2D eigenvalue weighted by atomic mass is 32.2. The van der Waals surface area contributed by atoms with Crippen molar-refractivity contribution in [2.24, 2.45) is 0 Å². The van der Waals surface area contributed by atoms with Crippen LogP contribution in [0.3, 0.4) is 0 Å². The van der Waals surface area contributed by atoms with Gasteiger partial charge in [-0.1, -0.05) is 6.07 Å². The van der Waals surface area contributed by atoms with Gasteiger partial charge in [0, 0.05) is 7.05 Å². The maximum atomic E-state index is 12.0. The van der Waals surface area contributed by atoms with Gasteiger partial charge in [-0.2, -0.15) is 0 Å². The Hall–Kier alpha value is -2.55. The van der Waals surface area contributed by atoms with Crippen molar-refractivity contribution in [2.75, 3.05) is 31.3 Å². The molecule has 0 fully saturated rings. The Morgan fingerprint density at radius 3 is 2.38 bits per heavy atom. The number of hydrogen-bond donors (Lipinski definition) is 2. The Labute approximate surface area is 139 Å². The predicted octanol–water partition coefficient (Wildman–Crippen LogP) is 2.16. The fraction of sp³-hybridized carbons (Fsp3) is 0.333. The Bertz CT molecular complexity index is 842. The summed E-state index contributed by atoms with van der Waals surface area (Å²) in [5.41, 5.74) is 0.304. The molecular formula is C15H19NO7S. The summed E-state index contributed by atoms with van der Waals surface area (Å²) in [4.78, 5) is 0. The van der Waals surface area contributed by atoms with Crippen molar-refractivity contribution in [3.05, 3.63) is 18.2 Å². The van der Waals surface area contributed by atoms with Gasteiger partial charge in [0.25, 0.3) is 5.88 Å². The maximum Gasteiger partial charge on any atom is 0.256 e. The first-order chi connectivity index (χ1) is 11.3. The normalized spacial score (nSPS) is 11.3. The fourth-order valence-electron chi connectivity index (χ4n) is 2.18. The topological polar surface area (TPSA) is 109 Å². The lowest BCUT2D eigenvalue weighted by molar-refractivity contribution is 0.355. The van der Waals surface area contributed by atoms with Crippen molar-refractivity contribution in [3.63, 3.8) is 0 Å². The SMILES string of the molecule is CCS(=O)(=O)N(C)c1oc(-c2cccc(OC)c2OC)c(O)c1O. The van der Waals surface area contributed by atoms with E-state index in [-0.39, 0.29) is 23.1 Å². The van der Waals surface area contributed by atoms with E-state index in [0.717, 1.165) is 4.31 Å². The third kappa shape index (κ3) is 2.82. The number of nitrogens with zero attached hydrogens (tertiary/aromatic N) is 1. The van der Waals surface area contributed by atoms with Gasteiger partial charge in [-0.3, -0.25) is 0 Å². The van der Waals surface area contributed by atoms with Gasteiger partial charge >= 0.3 is 0 Å². The number of aromatic hydroxyl groups is 2. The third-order valence-electron chi connectivity index (χ3n) is 3.56. The first-order valence-electron chi connectivity index (χ1n) is 7.01. The van der Waals surface area contributed by atoms with Crippen molar-refractivity contribution in [3.8, 4) is 34.3 Å². The minimum atomic E-state index is -3.68. The molecule has 24 heavy (non-hydrogen) atoms. The molecule has 2 N–H and O–H groups in total. The molecule has 2 rings (SSSR count). The molecule has 0 aliphatic rings. The molecule has 0 spiro atoms. The fourth-order valence-corrected chi connectivity index (χ4v) is 2.95. The van der Waals surface area contributed by atoms with Crippen LogP contribution in [0.2, 0.25) is 0 Å². The van der Waals surface area contributed by atoms with E-state index >= 15 is 0 Å². The summed E-state index contributed by atoms with van der Waals surface area (Å²) in [6, 6.07) is 4.87. The average molecular weight is 357 g/mol. The summed E-state index contributed by atoms with van der Waals surface area (Å²) in [7, 11) is 0.415. The Kier molecular flexibility index (Phi) is 4.83. The molecule has 1 aromatic heterocycles. The smallest absolute Gasteiger partial charge is 0.256 e. The van der Waals surface area contributed by atoms with Gasteiger partial charge in [0.2, 0.25) is 21.5 Å². The lowest BCUT2D eigenvalue weighted by atomic mass is 10.1. The van der Waals surface area contributed by atoms with E-state index in [0.29, 0.717) is 11.3 Å². The van der Waals surface area contributed by atoms with E-state index in [9.17, 15) is 18.6 Å². The van der Waals surface area contributed by atoms with Crippen molar-refractivity contribution >= 4 is 15.9 Å². The number of ether oxygens (including phenoxy) is 2. The highest BCUT2D eigenvalue weighted by molar-refractivity contribution is 7.92. The van der Waals surface area contributed by atoms with Gasteiger partial charge in [0.05, 0.1) is 25.5 Å². The molecule has 0 unspecified atom stereocenters. The van der Waals surface area contributed by atoms with E-state index in [4.69, 9.17) is 13.9 Å². The first kappa shape index (κ1) is 17.8. The number of hydrogen-bond acceptors (Lipinski definition) is 7. The van der Waals surface area contributed by atoms with Crippen molar-refractivity contribution < 1.29 is 32.5 Å². The Balaban J connectivity index is 2.66. The Morgan fingerprint density at radius 1 is 1.17 bits per heavy atom. The molecule has 0 radical (unpaired) electrons. The summed E-state index contributed by atoms with van der Waals surface area (Å²) in [5.74, 6) is -1.30. The van der Waals surface area contributed by atoms with Crippen molar-refractivity contribution in [1.29, 1.82) is 0 Å². The highest BCUT2D eigenvalue weighted by Gasteiger charge is 2.30. The van der Waals surface area contributed by atoms with Gasteiger partial charge in [0.1, 0.15) is 0 Å². The van der Waals surface area contributed by atoms with Crippen LogP contribution in [-0.4, -0.2) is 45.7 Å². The van der Waals surface area contributed by atoms with E-state index in [1.165, 1.54) is 28.2 Å². The number of rotatable bonds is 6. The van der Waals surface area contributed by atoms with Gasteiger partial charge < -0.3 is 24.1 Å². The van der Waals surface area contributed by atoms with Gasteiger partial charge in [-0.15, -0.1) is 0 Å². The second-order valence-corrected chi connectivity index (χ2v) is 7.13. The minimum Gasteiger partial charge on any atom is -0.502 e. The number of methoxy groups -OCH3 is 2. The summed E-state index contributed by atoms with van der Waals surface area (Å²) in [5, 5.41) is 20.3. The number of para-hydroxylation sites is 1. The molecule has 1 heterocycles. The van der Waals surface area contributed by atoms with Gasteiger partial charge in [-0.25, -0.2) is 12.7 Å². The van der Waals surface area contributed by atoms with E-state index < -0.39 is 21.5 Å². The van der Waals surface area contributed by atoms with Crippen LogP contribution in [0.25, 0.3) is 11.3 Å². The van der Waals surface area contributed by atoms with Crippen LogP contribution in [0.1, 0.15) is 6.92 Å². The van der Waals surface area contributed by atoms with E-state index in [1.807, 2.05) is 0 Å². The second-order valence-electron chi connectivity index (χ2n) is 4.84. The molecule has 0 amide bonds. The van der Waals surface area contributed by atoms with Crippen LogP contribution in [-0.2, 0) is 10.0 Å². The summed E-state index contributed by atoms with van der Waals surface area (Å²) in [6.07, 6.45) is 0. The van der Waals surface area contributed by atoms with Crippen LogP contribution >= 0.6 is 0 Å². The standard InChI is InChI=1S/C15H19NO7S/c1-5-24(19,20)16(2)15-12(18)11(17)14(23-15)9-7-6-8-10(21-3)13(9)22-4/h6-8,17-18H,5H2,1-4H3. The molecule has 1 aromatic carbocycles. The highest BCUT2D eigenvalue weighted by Crippen LogP contribution is 2.50. The number of benzene rings is 1. The van der Waals surface area contributed by atoms with Crippen LogP contribution < -0.4 is 13.8 Å². The summed E-state index contributed by atoms with van der Waals surface area (Å²) >= 11 is 0. The molecule has 8 nitrogen and oxygen atoms in total. The molecule has 0 atom stereocenters. The largest absolute Gasteiger partial charge is 0.502 e. The molecule has 0 saturated carbocycles. The minimum absolute atomic E-state index is 0.128. The Morgan fingerprint density at radius 2 is 1.83 bits per heavy atom. The average Bonchev–Trinajstić information content (AvgIpc) is 2.88. The van der Waals surface area contributed by atoms with Crippen molar-refractivity contribution in [1.82, 2.24) is 0 Å². The van der Waals surface area contributed by atoms with Gasteiger partial charge in [-0.05, 0) is 19.1 Å². The van der Waals surface area contributed by atoms with Gasteiger partial charge in [0.15, 0.2) is 17.3 Å². The summed E-state index contributed by atoms with van der Waals surface area (Å²) in [6.45, 7) is 1.46. The summed E-state index contributed by atoms with van der Waals surface area (Å²) < 4.78 is 40.6. The monoisotopic (exact) mass is 357 g/mol. The number of anilines is 1. The van der Waals surface area contributed by atoms with E-state index in [1.54, 1.807) is 18.2 Å². The zero-order valence-electron chi connectivity index (χ0n) is 13.7. The number of furan rings is 1. The zero-order valence-corrected chi connectivity index (χ0v) is 14.5. The molecular weight excluding hydrogens is 338 g/mol. The second kappa shape index (κ2) is 6.52. The predicted molar refractivity (Wildman–Crippen MR) is 88.4 cm³/mol. The molecule has 9 heteroatoms. The van der Waals surface area contributed by atoms with Crippen LogP contribution in [0.4, 0.5) is 5.88 Å². The van der Waals surface area contributed by atoms with Crippen LogP contribution in [0, 0.1) is 0 Å². The lowest BCUT2D eigenvalue weighted by Gasteiger charge is -2.15. The third-order valence-corrected chi connectivity index (χ3v) is 5.29. The molecule has 132 valence electrons. The van der Waals surface area contributed by atoms with Crippen LogP contribution in [0.5, 0.6) is 23.0 Å². The maximum absolute atomic E-state index is 12.0. The lowest BCUT2D eigenvalue weighted by Crippen LogP contribution is -2.27. The van der Waals surface area contributed by atoms with Crippen LogP contribution in [0.15, 0.2) is 22.6 Å². The molecule has 2 aromatic rings. The first-order valence-corrected chi connectivity index (χ1v) is 8.62. The van der Waals surface area contributed by atoms with Crippen molar-refractivity contribution in [2.45, 2.75) is 6.92 Å². The zero-order chi connectivity index (χ0) is 18.1. The number of sulfonamides is 1. The quantitative estimate of drug-likeness (QED) is 0.815. The molecule has 0 saturated heterocycles. The van der Waals surface area contributed by atoms with E-state index in [2.05, 4.69) is 0 Å². The molecule has 0 aliphatic carbocycles. The molecule has 0 bridgehead atoms.